The van der Waals surface area contributed by atoms with Gasteiger partial charge in [-0.25, -0.2) is 0 Å². The number of nitrogens with one attached hydrogen (secondary N) is 1. The maximum Gasteiger partial charge on any atom is 0.335 e. The number of aromatic nitrogens is 3. The fourth-order valence-corrected chi connectivity index (χ4v) is 3.91. The van der Waals surface area contributed by atoms with Crippen molar-refractivity contribution in [3.8, 4) is 17.4 Å². The Balaban J connectivity index is 1.37. The summed E-state index contributed by atoms with van der Waals surface area (Å²) in [6, 6.07) is 8.94. The van der Waals surface area contributed by atoms with Gasteiger partial charge in [-0.3, -0.25) is 14.8 Å². The Labute approximate surface area is 153 Å². The van der Waals surface area contributed by atoms with Crippen molar-refractivity contribution in [2.75, 3.05) is 26.7 Å². The van der Waals surface area contributed by atoms with Gasteiger partial charge in [0.2, 0.25) is 0 Å². The van der Waals surface area contributed by atoms with E-state index < -0.39 is 0 Å². The molecule has 3 heterocycles. The first-order chi connectivity index (χ1) is 12.7. The minimum absolute atomic E-state index is 0.104. The van der Waals surface area contributed by atoms with Crippen LogP contribution in [0.3, 0.4) is 0 Å². The number of piperidine rings is 1. The van der Waals surface area contributed by atoms with Crippen molar-refractivity contribution in [1.29, 1.82) is 0 Å². The third-order valence-corrected chi connectivity index (χ3v) is 5.53. The summed E-state index contributed by atoms with van der Waals surface area (Å²) in [6.45, 7) is 5.15. The molecule has 2 aromatic rings. The van der Waals surface area contributed by atoms with Crippen LogP contribution >= 0.6 is 0 Å². The molecule has 0 bridgehead atoms. The summed E-state index contributed by atoms with van der Waals surface area (Å²) >= 11 is 0. The molecule has 2 aliphatic rings. The van der Waals surface area contributed by atoms with Gasteiger partial charge in [0, 0.05) is 36.3 Å². The van der Waals surface area contributed by atoms with E-state index >= 15 is 0 Å². The van der Waals surface area contributed by atoms with Crippen molar-refractivity contribution in [2.24, 2.45) is 0 Å². The highest BCUT2D eigenvalue weighted by Crippen LogP contribution is 2.26. The van der Waals surface area contributed by atoms with Gasteiger partial charge in [0.15, 0.2) is 5.82 Å². The lowest BCUT2D eigenvalue weighted by Gasteiger charge is -2.49. The number of rotatable bonds is 4. The van der Waals surface area contributed by atoms with E-state index in [0.29, 0.717) is 29.5 Å². The second-order valence-electron chi connectivity index (χ2n) is 7.19. The van der Waals surface area contributed by atoms with Crippen LogP contribution in [0.1, 0.15) is 36.5 Å². The van der Waals surface area contributed by atoms with E-state index in [1.807, 2.05) is 29.2 Å². The standard InChI is InChI=1S/C19H25N5O2/c1-13-5-3-4-10-24(13)16-11-23(12-16)18(25)15-8-6-14(7-9-15)17-20-19(26-2)22-21-17/h6-9,13,16H,3-5,10-12H2,1-2H3,(H,20,21,22)/t13-/m1/s1. The third-order valence-electron chi connectivity index (χ3n) is 5.53. The molecule has 7 nitrogen and oxygen atoms in total. The number of carbonyl (C=O) groups excluding carboxylic acids is 1. The first kappa shape index (κ1) is 17.0. The number of carbonyl (C=O) groups is 1. The lowest BCUT2D eigenvalue weighted by atomic mass is 9.97. The molecule has 0 radical (unpaired) electrons. The molecule has 1 aromatic heterocycles. The molecule has 1 atom stereocenters. The predicted molar refractivity (Wildman–Crippen MR) is 98.1 cm³/mol. The minimum atomic E-state index is 0.104. The van der Waals surface area contributed by atoms with Gasteiger partial charge >= 0.3 is 6.01 Å². The normalized spacial score (nSPS) is 21.5. The quantitative estimate of drug-likeness (QED) is 0.910. The van der Waals surface area contributed by atoms with Crippen molar-refractivity contribution >= 4 is 5.91 Å². The highest BCUT2D eigenvalue weighted by molar-refractivity contribution is 5.95. The number of methoxy groups -OCH3 is 1. The smallest absolute Gasteiger partial charge is 0.335 e. The first-order valence-electron chi connectivity index (χ1n) is 9.27. The molecule has 26 heavy (non-hydrogen) atoms. The van der Waals surface area contributed by atoms with E-state index in [1.165, 1.54) is 32.9 Å². The number of aromatic amines is 1. The summed E-state index contributed by atoms with van der Waals surface area (Å²) in [5.41, 5.74) is 1.59. The number of amides is 1. The largest absolute Gasteiger partial charge is 0.466 e. The van der Waals surface area contributed by atoms with Gasteiger partial charge < -0.3 is 9.64 Å². The first-order valence-corrected chi connectivity index (χ1v) is 9.27. The predicted octanol–water partition coefficient (Wildman–Crippen LogP) is 2.18. The van der Waals surface area contributed by atoms with Crippen LogP contribution in [0.2, 0.25) is 0 Å². The molecule has 7 heteroatoms. The molecular weight excluding hydrogens is 330 g/mol. The van der Waals surface area contributed by atoms with Crippen LogP contribution in [0.5, 0.6) is 6.01 Å². The monoisotopic (exact) mass is 355 g/mol. The fourth-order valence-electron chi connectivity index (χ4n) is 3.91. The topological polar surface area (TPSA) is 74.3 Å². The Kier molecular flexibility index (Phi) is 4.63. The molecular formula is C19H25N5O2. The summed E-state index contributed by atoms with van der Waals surface area (Å²) < 4.78 is 4.98. The van der Waals surface area contributed by atoms with Gasteiger partial charge in [0.05, 0.1) is 7.11 Å². The SMILES string of the molecule is COc1n[nH]c(-c2ccc(C(=O)N3CC(N4CCCC[C@H]4C)C3)cc2)n1. The molecule has 4 rings (SSSR count). The molecule has 138 valence electrons. The van der Waals surface area contributed by atoms with Crippen molar-refractivity contribution < 1.29 is 9.53 Å². The maximum absolute atomic E-state index is 12.7. The average Bonchev–Trinajstić information content (AvgIpc) is 3.11. The van der Waals surface area contributed by atoms with Crippen molar-refractivity contribution in [2.45, 2.75) is 38.3 Å². The number of H-pyrrole nitrogens is 1. The lowest BCUT2D eigenvalue weighted by Crippen LogP contribution is -2.63. The number of ether oxygens (including phenoxy) is 1. The number of benzene rings is 1. The van der Waals surface area contributed by atoms with Gasteiger partial charge in [0.25, 0.3) is 5.91 Å². The lowest BCUT2D eigenvalue weighted by molar-refractivity contribution is 0.00213. The van der Waals surface area contributed by atoms with E-state index in [2.05, 4.69) is 27.0 Å². The second-order valence-corrected chi connectivity index (χ2v) is 7.19. The van der Waals surface area contributed by atoms with Gasteiger partial charge in [0.1, 0.15) is 0 Å². The number of likely N-dealkylation sites (tertiary alicyclic amines) is 2. The number of hydrogen-bond acceptors (Lipinski definition) is 5. The minimum Gasteiger partial charge on any atom is -0.466 e. The molecule has 1 aromatic carbocycles. The Morgan fingerprint density at radius 2 is 2.00 bits per heavy atom. The number of nitrogens with zero attached hydrogens (tertiary/aromatic N) is 4. The molecule has 1 N–H and O–H groups in total. The Bertz CT molecular complexity index is 766. The molecule has 2 fully saturated rings. The van der Waals surface area contributed by atoms with E-state index in [-0.39, 0.29) is 5.91 Å². The summed E-state index contributed by atoms with van der Waals surface area (Å²) in [7, 11) is 1.53. The molecule has 2 aliphatic heterocycles. The van der Waals surface area contributed by atoms with Crippen LogP contribution in [0.25, 0.3) is 11.4 Å². The van der Waals surface area contributed by atoms with Gasteiger partial charge in [-0.2, -0.15) is 4.98 Å². The average molecular weight is 355 g/mol. The highest BCUT2D eigenvalue weighted by atomic mass is 16.5. The van der Waals surface area contributed by atoms with Crippen molar-refractivity contribution in [3.05, 3.63) is 29.8 Å². The van der Waals surface area contributed by atoms with Crippen LogP contribution in [-0.4, -0.2) is 69.7 Å². The van der Waals surface area contributed by atoms with Crippen LogP contribution in [0, 0.1) is 0 Å². The second kappa shape index (κ2) is 7.07. The Hall–Kier alpha value is -2.41. The van der Waals surface area contributed by atoms with E-state index in [4.69, 9.17) is 4.74 Å². The maximum atomic E-state index is 12.7. The zero-order valence-electron chi connectivity index (χ0n) is 15.3. The zero-order chi connectivity index (χ0) is 18.1. The molecule has 2 saturated heterocycles. The van der Waals surface area contributed by atoms with Gasteiger partial charge in [-0.1, -0.05) is 18.6 Å². The third kappa shape index (κ3) is 3.19. The zero-order valence-corrected chi connectivity index (χ0v) is 15.3. The molecule has 0 aliphatic carbocycles. The van der Waals surface area contributed by atoms with E-state index in [1.54, 1.807) is 0 Å². The van der Waals surface area contributed by atoms with Crippen LogP contribution in [0.4, 0.5) is 0 Å². The summed E-state index contributed by atoms with van der Waals surface area (Å²) in [4.78, 5) is 21.4. The molecule has 0 unspecified atom stereocenters. The van der Waals surface area contributed by atoms with E-state index in [0.717, 1.165) is 18.7 Å². The summed E-state index contributed by atoms with van der Waals surface area (Å²) in [6.07, 6.45) is 3.89. The molecule has 0 saturated carbocycles. The number of hydrogen-bond donors (Lipinski definition) is 1. The highest BCUT2D eigenvalue weighted by Gasteiger charge is 2.37. The summed E-state index contributed by atoms with van der Waals surface area (Å²) in [5, 5.41) is 6.77. The Morgan fingerprint density at radius 3 is 2.65 bits per heavy atom. The fraction of sp³-hybridized carbons (Fsp3) is 0.526. The van der Waals surface area contributed by atoms with Crippen LogP contribution in [-0.2, 0) is 0 Å². The van der Waals surface area contributed by atoms with E-state index in [9.17, 15) is 4.79 Å². The van der Waals surface area contributed by atoms with Crippen LogP contribution in [0.15, 0.2) is 24.3 Å². The van der Waals surface area contributed by atoms with Gasteiger partial charge in [-0.05, 0) is 38.4 Å². The molecule has 1 amide bonds. The molecule has 0 spiro atoms. The van der Waals surface area contributed by atoms with Crippen molar-refractivity contribution in [1.82, 2.24) is 25.0 Å². The van der Waals surface area contributed by atoms with Crippen molar-refractivity contribution in [3.63, 3.8) is 0 Å². The van der Waals surface area contributed by atoms with Crippen LogP contribution < -0.4 is 4.74 Å². The summed E-state index contributed by atoms with van der Waals surface area (Å²) in [5.74, 6) is 0.733. The Morgan fingerprint density at radius 1 is 1.23 bits per heavy atom. The van der Waals surface area contributed by atoms with Gasteiger partial charge in [-0.15, -0.1) is 5.10 Å².